The highest BCUT2D eigenvalue weighted by Crippen LogP contribution is 2.23. The molecule has 164 valence electrons. The van der Waals surface area contributed by atoms with Gasteiger partial charge in [-0.15, -0.1) is 11.3 Å². The van der Waals surface area contributed by atoms with Crippen LogP contribution in [-0.2, 0) is 12.0 Å². The minimum atomic E-state index is -0.164. The molecule has 0 radical (unpaired) electrons. The van der Waals surface area contributed by atoms with E-state index in [0.717, 1.165) is 4.88 Å². The Morgan fingerprint density at radius 2 is 1.78 bits per heavy atom. The van der Waals surface area contributed by atoms with Gasteiger partial charge in [-0.25, -0.2) is 4.98 Å². The van der Waals surface area contributed by atoms with E-state index in [1.807, 2.05) is 31.2 Å². The van der Waals surface area contributed by atoms with Crippen molar-refractivity contribution in [3.05, 3.63) is 92.8 Å². The summed E-state index contributed by atoms with van der Waals surface area (Å²) >= 11 is 1.47. The van der Waals surface area contributed by atoms with E-state index < -0.39 is 0 Å². The van der Waals surface area contributed by atoms with Gasteiger partial charge in [0.15, 0.2) is 4.96 Å². The molecule has 0 atom stereocenters. The first-order chi connectivity index (χ1) is 15.2. The Bertz CT molecular complexity index is 1310. The smallest absolute Gasteiger partial charge is 0.258 e. The van der Waals surface area contributed by atoms with Crippen molar-refractivity contribution < 1.29 is 9.53 Å². The summed E-state index contributed by atoms with van der Waals surface area (Å²) in [6.07, 6.45) is 1.78. The average molecular weight is 448 g/mol. The second kappa shape index (κ2) is 8.59. The maximum Gasteiger partial charge on any atom is 0.258 e. The number of nitrogens with one attached hydrogen (secondary N) is 1. The van der Waals surface area contributed by atoms with Gasteiger partial charge in [-0.3, -0.25) is 14.0 Å². The number of aromatic nitrogens is 2. The zero-order valence-electron chi connectivity index (χ0n) is 18.5. The molecule has 2 heterocycles. The molecule has 0 bridgehead atoms. The molecule has 0 aliphatic rings. The molecule has 6 nitrogen and oxygen atoms in total. The van der Waals surface area contributed by atoms with E-state index in [0.29, 0.717) is 27.7 Å². The number of anilines is 1. The van der Waals surface area contributed by atoms with E-state index >= 15 is 0 Å². The molecule has 4 rings (SSSR count). The normalized spacial score (nSPS) is 11.5. The monoisotopic (exact) mass is 447 g/mol. The van der Waals surface area contributed by atoms with E-state index in [9.17, 15) is 9.59 Å². The van der Waals surface area contributed by atoms with Gasteiger partial charge in [0.25, 0.3) is 11.5 Å². The molecule has 1 N–H and O–H groups in total. The largest absolute Gasteiger partial charge is 0.487 e. The lowest BCUT2D eigenvalue weighted by Crippen LogP contribution is -2.14. The van der Waals surface area contributed by atoms with Crippen LogP contribution in [0.3, 0.4) is 0 Å². The number of thiazole rings is 1. The number of hydrogen-bond donors (Lipinski definition) is 1. The maximum atomic E-state index is 12.5. The number of fused-ring (bicyclic) bond motifs is 1. The van der Waals surface area contributed by atoms with Crippen molar-refractivity contribution in [3.63, 3.8) is 0 Å². The summed E-state index contributed by atoms with van der Waals surface area (Å²) in [5, 5.41) is 2.90. The molecular weight excluding hydrogens is 422 g/mol. The minimum Gasteiger partial charge on any atom is -0.487 e. The molecular formula is C25H25N3O3S. The Kier molecular flexibility index (Phi) is 5.84. The minimum absolute atomic E-state index is 0.0446. The summed E-state index contributed by atoms with van der Waals surface area (Å²) in [4.78, 5) is 30.9. The summed E-state index contributed by atoms with van der Waals surface area (Å²) in [5.41, 5.74) is 2.97. The van der Waals surface area contributed by atoms with Crippen molar-refractivity contribution in [2.75, 3.05) is 5.32 Å². The zero-order chi connectivity index (χ0) is 22.9. The van der Waals surface area contributed by atoms with E-state index in [4.69, 9.17) is 4.74 Å². The number of rotatable bonds is 5. The van der Waals surface area contributed by atoms with Crippen LogP contribution < -0.4 is 15.6 Å². The van der Waals surface area contributed by atoms with Crippen LogP contribution in [0.25, 0.3) is 4.96 Å². The van der Waals surface area contributed by atoms with Gasteiger partial charge >= 0.3 is 0 Å². The van der Waals surface area contributed by atoms with Gasteiger partial charge in [0.05, 0.1) is 5.69 Å². The number of aryl methyl sites for hydroxylation is 1. The Hall–Kier alpha value is -3.45. The number of benzene rings is 2. The Morgan fingerprint density at radius 3 is 2.44 bits per heavy atom. The van der Waals surface area contributed by atoms with Crippen molar-refractivity contribution in [1.29, 1.82) is 0 Å². The quantitative estimate of drug-likeness (QED) is 0.457. The van der Waals surface area contributed by atoms with E-state index in [-0.39, 0.29) is 23.5 Å². The van der Waals surface area contributed by atoms with Crippen molar-refractivity contribution in [2.24, 2.45) is 0 Å². The molecule has 0 spiro atoms. The second-order valence-electron chi connectivity index (χ2n) is 8.67. The Balaban J connectivity index is 1.38. The van der Waals surface area contributed by atoms with Crippen molar-refractivity contribution >= 4 is 27.9 Å². The molecule has 7 heteroatoms. The fourth-order valence-electron chi connectivity index (χ4n) is 3.25. The number of nitrogens with zero attached hydrogens (tertiary/aromatic N) is 2. The Labute approximate surface area is 190 Å². The molecule has 2 aromatic carbocycles. The van der Waals surface area contributed by atoms with Crippen LogP contribution in [-0.4, -0.2) is 15.3 Å². The van der Waals surface area contributed by atoms with Crippen LogP contribution in [0.5, 0.6) is 5.75 Å². The van der Waals surface area contributed by atoms with Crippen LogP contribution in [0, 0.1) is 6.92 Å². The molecule has 4 aromatic rings. The van der Waals surface area contributed by atoms with Crippen LogP contribution in [0.2, 0.25) is 0 Å². The van der Waals surface area contributed by atoms with Crippen LogP contribution in [0.4, 0.5) is 5.69 Å². The SMILES string of the molecule is Cc1cn2c(=O)cc(COc3ccc(NC(=O)c4ccc(C(C)(C)C)cc4)cc3)nc2s1. The third kappa shape index (κ3) is 4.89. The summed E-state index contributed by atoms with van der Waals surface area (Å²) in [6.45, 7) is 8.55. The van der Waals surface area contributed by atoms with Crippen LogP contribution in [0.15, 0.2) is 65.6 Å². The summed E-state index contributed by atoms with van der Waals surface area (Å²) in [6, 6.07) is 16.3. The average Bonchev–Trinajstić information content (AvgIpc) is 3.13. The van der Waals surface area contributed by atoms with Crippen LogP contribution in [0.1, 0.15) is 47.3 Å². The first-order valence-electron chi connectivity index (χ1n) is 10.3. The van der Waals surface area contributed by atoms with Crippen LogP contribution >= 0.6 is 11.3 Å². The fourth-order valence-corrected chi connectivity index (χ4v) is 4.10. The number of ether oxygens (including phenoxy) is 1. The first kappa shape index (κ1) is 21.8. The van der Waals surface area contributed by atoms with Gasteiger partial charge in [-0.2, -0.15) is 0 Å². The lowest BCUT2D eigenvalue weighted by molar-refractivity contribution is 0.102. The molecule has 0 aliphatic heterocycles. The molecule has 0 fully saturated rings. The summed E-state index contributed by atoms with van der Waals surface area (Å²) < 4.78 is 7.31. The highest BCUT2D eigenvalue weighted by Gasteiger charge is 2.14. The van der Waals surface area contributed by atoms with Gasteiger partial charge in [-0.1, -0.05) is 32.9 Å². The third-order valence-corrected chi connectivity index (χ3v) is 5.95. The molecule has 0 saturated heterocycles. The number of carbonyl (C=O) groups is 1. The highest BCUT2D eigenvalue weighted by molar-refractivity contribution is 7.16. The standard InChI is InChI=1S/C25H25N3O3S/c1-16-14-28-22(29)13-20(27-24(28)32-16)15-31-21-11-9-19(10-12-21)26-23(30)17-5-7-18(8-6-17)25(2,3)4/h5-14H,15H2,1-4H3,(H,26,30). The predicted octanol–water partition coefficient (Wildman–Crippen LogP) is 5.19. The lowest BCUT2D eigenvalue weighted by Gasteiger charge is -2.19. The number of hydrogen-bond acceptors (Lipinski definition) is 5. The molecule has 0 aliphatic carbocycles. The van der Waals surface area contributed by atoms with E-state index in [2.05, 4.69) is 31.1 Å². The topological polar surface area (TPSA) is 72.7 Å². The second-order valence-corrected chi connectivity index (χ2v) is 9.89. The van der Waals surface area contributed by atoms with Gasteiger partial charge < -0.3 is 10.1 Å². The molecule has 32 heavy (non-hydrogen) atoms. The van der Waals surface area contributed by atoms with Gasteiger partial charge in [0, 0.05) is 28.4 Å². The fraction of sp³-hybridized carbons (Fsp3) is 0.240. The Morgan fingerprint density at radius 1 is 1.09 bits per heavy atom. The van der Waals surface area contributed by atoms with Crippen molar-refractivity contribution in [3.8, 4) is 5.75 Å². The molecule has 0 saturated carbocycles. The number of carbonyl (C=O) groups excluding carboxylic acids is 1. The number of amides is 1. The molecule has 0 unspecified atom stereocenters. The molecule has 2 aromatic heterocycles. The zero-order valence-corrected chi connectivity index (χ0v) is 19.3. The summed E-state index contributed by atoms with van der Waals surface area (Å²) in [7, 11) is 0. The lowest BCUT2D eigenvalue weighted by atomic mass is 9.87. The third-order valence-electron chi connectivity index (χ3n) is 5.05. The van der Waals surface area contributed by atoms with E-state index in [1.54, 1.807) is 30.5 Å². The summed E-state index contributed by atoms with van der Waals surface area (Å²) in [5.74, 6) is 0.463. The van der Waals surface area contributed by atoms with Crippen molar-refractivity contribution in [1.82, 2.24) is 9.38 Å². The van der Waals surface area contributed by atoms with Gasteiger partial charge in [0.2, 0.25) is 0 Å². The van der Waals surface area contributed by atoms with Gasteiger partial charge in [0.1, 0.15) is 12.4 Å². The van der Waals surface area contributed by atoms with Gasteiger partial charge in [-0.05, 0) is 54.3 Å². The predicted molar refractivity (Wildman–Crippen MR) is 128 cm³/mol. The van der Waals surface area contributed by atoms with Crippen molar-refractivity contribution in [2.45, 2.75) is 39.7 Å². The van der Waals surface area contributed by atoms with E-state index in [1.165, 1.54) is 27.4 Å². The highest BCUT2D eigenvalue weighted by atomic mass is 32.1. The first-order valence-corrected chi connectivity index (χ1v) is 11.1. The maximum absolute atomic E-state index is 12.5. The molecule has 1 amide bonds.